The van der Waals surface area contributed by atoms with Crippen LogP contribution in [0.4, 0.5) is 5.69 Å². The molecule has 0 aliphatic carbocycles. The molecule has 6 nitrogen and oxygen atoms in total. The molecule has 25 heavy (non-hydrogen) atoms. The van der Waals surface area contributed by atoms with E-state index in [1.165, 1.54) is 16.7 Å². The molecule has 0 aliphatic rings. The van der Waals surface area contributed by atoms with Gasteiger partial charge in [-0.3, -0.25) is 9.79 Å². The van der Waals surface area contributed by atoms with E-state index >= 15 is 0 Å². The van der Waals surface area contributed by atoms with Gasteiger partial charge in [-0.1, -0.05) is 6.07 Å². The number of benzene rings is 1. The van der Waals surface area contributed by atoms with Gasteiger partial charge in [0.25, 0.3) is 0 Å². The van der Waals surface area contributed by atoms with Gasteiger partial charge >= 0.3 is 0 Å². The molecule has 2 rings (SSSR count). The summed E-state index contributed by atoms with van der Waals surface area (Å²) < 4.78 is 5.27. The van der Waals surface area contributed by atoms with Crippen LogP contribution in [0.5, 0.6) is 5.75 Å². The maximum absolute atomic E-state index is 11.3. The Kier molecular flexibility index (Phi) is 6.82. The van der Waals surface area contributed by atoms with Crippen LogP contribution in [0, 0.1) is 6.92 Å². The predicted octanol–water partition coefficient (Wildman–Crippen LogP) is 2.89. The number of thiophene rings is 1. The third-order valence-corrected chi connectivity index (χ3v) is 4.48. The molecule has 0 saturated heterocycles. The first kappa shape index (κ1) is 18.8. The zero-order valence-electron chi connectivity index (χ0n) is 15.0. The van der Waals surface area contributed by atoms with Crippen LogP contribution in [-0.2, 0) is 17.9 Å². The monoisotopic (exact) mass is 360 g/mol. The molecule has 0 unspecified atom stereocenters. The molecule has 0 atom stereocenters. The average Bonchev–Trinajstić information content (AvgIpc) is 3.00. The number of hydrogen-bond acceptors (Lipinski definition) is 4. The third-order valence-electron chi connectivity index (χ3n) is 3.48. The normalized spacial score (nSPS) is 11.1. The molecule has 0 fully saturated rings. The topological polar surface area (TPSA) is 74.8 Å². The Bertz CT molecular complexity index is 755. The van der Waals surface area contributed by atoms with Crippen molar-refractivity contribution in [3.63, 3.8) is 0 Å². The quantitative estimate of drug-likeness (QED) is 0.547. The van der Waals surface area contributed by atoms with Crippen molar-refractivity contribution in [1.82, 2.24) is 10.6 Å². The van der Waals surface area contributed by atoms with Crippen molar-refractivity contribution < 1.29 is 9.53 Å². The lowest BCUT2D eigenvalue weighted by atomic mass is 10.2. The van der Waals surface area contributed by atoms with Crippen LogP contribution in [-0.4, -0.2) is 26.0 Å². The molecule has 7 heteroatoms. The number of amides is 1. The van der Waals surface area contributed by atoms with Crippen LogP contribution in [0.3, 0.4) is 0 Å². The summed E-state index contributed by atoms with van der Waals surface area (Å²) in [6.07, 6.45) is 0. The van der Waals surface area contributed by atoms with Crippen LogP contribution < -0.4 is 20.7 Å². The van der Waals surface area contributed by atoms with Gasteiger partial charge in [0.2, 0.25) is 5.91 Å². The van der Waals surface area contributed by atoms with Crippen LogP contribution in [0.25, 0.3) is 0 Å². The van der Waals surface area contributed by atoms with Gasteiger partial charge < -0.3 is 20.7 Å². The van der Waals surface area contributed by atoms with Crippen LogP contribution in [0.1, 0.15) is 22.2 Å². The second-order valence-corrected chi connectivity index (χ2v) is 6.88. The zero-order valence-corrected chi connectivity index (χ0v) is 15.8. The van der Waals surface area contributed by atoms with Gasteiger partial charge in [-0.15, -0.1) is 11.3 Å². The first-order chi connectivity index (χ1) is 12.0. The molecule has 0 aliphatic heterocycles. The Balaban J connectivity index is 1.95. The number of nitrogens with zero attached hydrogens (tertiary/aromatic N) is 1. The molecule has 1 aromatic heterocycles. The number of anilines is 1. The molecule has 3 N–H and O–H groups in total. The fourth-order valence-corrected chi connectivity index (χ4v) is 3.14. The number of carbonyl (C=O) groups is 1. The van der Waals surface area contributed by atoms with Crippen molar-refractivity contribution in [2.24, 2.45) is 4.99 Å². The molecular weight excluding hydrogens is 336 g/mol. The number of carbonyl (C=O) groups excluding carboxylic acids is 1. The van der Waals surface area contributed by atoms with Gasteiger partial charge in [0.1, 0.15) is 5.75 Å². The first-order valence-electron chi connectivity index (χ1n) is 7.96. The Morgan fingerprint density at radius 1 is 1.20 bits per heavy atom. The van der Waals surface area contributed by atoms with E-state index in [1.54, 1.807) is 25.5 Å². The minimum absolute atomic E-state index is 0.132. The summed E-state index contributed by atoms with van der Waals surface area (Å²) in [5.41, 5.74) is 1.67. The molecule has 2 aromatic rings. The minimum atomic E-state index is -0.132. The molecule has 0 bridgehead atoms. The van der Waals surface area contributed by atoms with E-state index in [2.05, 4.69) is 40.0 Å². The van der Waals surface area contributed by atoms with Crippen molar-refractivity contribution in [2.75, 3.05) is 19.5 Å². The Hall–Kier alpha value is -2.54. The molecule has 1 aromatic carbocycles. The van der Waals surface area contributed by atoms with Crippen LogP contribution in [0.2, 0.25) is 0 Å². The molecule has 1 heterocycles. The number of methoxy groups -OCH3 is 1. The predicted molar refractivity (Wildman–Crippen MR) is 103 cm³/mol. The van der Waals surface area contributed by atoms with E-state index in [0.717, 1.165) is 18.1 Å². The molecule has 0 saturated carbocycles. The highest BCUT2D eigenvalue weighted by molar-refractivity contribution is 7.11. The van der Waals surface area contributed by atoms with E-state index in [1.807, 2.05) is 18.2 Å². The highest BCUT2D eigenvalue weighted by Gasteiger charge is 2.07. The lowest BCUT2D eigenvalue weighted by Gasteiger charge is -2.14. The minimum Gasteiger partial charge on any atom is -0.495 e. The van der Waals surface area contributed by atoms with E-state index in [0.29, 0.717) is 18.0 Å². The highest BCUT2D eigenvalue weighted by atomic mass is 32.1. The molecule has 134 valence electrons. The van der Waals surface area contributed by atoms with Crippen LogP contribution >= 0.6 is 11.3 Å². The maximum atomic E-state index is 11.3. The van der Waals surface area contributed by atoms with Gasteiger partial charge in [0, 0.05) is 30.3 Å². The van der Waals surface area contributed by atoms with E-state index in [9.17, 15) is 4.79 Å². The van der Waals surface area contributed by atoms with E-state index in [-0.39, 0.29) is 5.91 Å². The number of rotatable bonds is 6. The SMILES string of the molecule is CN=C(NCc1ccc(OC)c(NC(C)=O)c1)NCc1ccc(C)s1. The average molecular weight is 360 g/mol. The Morgan fingerprint density at radius 2 is 1.96 bits per heavy atom. The number of guanidine groups is 1. The fourth-order valence-electron chi connectivity index (χ4n) is 2.31. The number of nitrogens with one attached hydrogen (secondary N) is 3. The number of ether oxygens (including phenoxy) is 1. The Morgan fingerprint density at radius 3 is 2.56 bits per heavy atom. The summed E-state index contributed by atoms with van der Waals surface area (Å²) in [6, 6.07) is 9.91. The summed E-state index contributed by atoms with van der Waals surface area (Å²) in [5.74, 6) is 1.23. The van der Waals surface area contributed by atoms with Crippen LogP contribution in [0.15, 0.2) is 35.3 Å². The highest BCUT2D eigenvalue weighted by Crippen LogP contribution is 2.25. The van der Waals surface area contributed by atoms with E-state index < -0.39 is 0 Å². The summed E-state index contributed by atoms with van der Waals surface area (Å²) in [5, 5.41) is 9.34. The second kappa shape index (κ2) is 9.08. The van der Waals surface area contributed by atoms with Gasteiger partial charge in [0.15, 0.2) is 5.96 Å². The smallest absolute Gasteiger partial charge is 0.221 e. The van der Waals surface area contributed by atoms with Crippen molar-refractivity contribution in [2.45, 2.75) is 26.9 Å². The Labute approximate surface area is 152 Å². The largest absolute Gasteiger partial charge is 0.495 e. The standard InChI is InChI=1S/C18H24N4O2S/c1-12-5-7-15(25-12)11-21-18(19-3)20-10-14-6-8-17(24-4)16(9-14)22-13(2)23/h5-9H,10-11H2,1-4H3,(H,22,23)(H2,19,20,21). The lowest BCUT2D eigenvalue weighted by Crippen LogP contribution is -2.36. The summed E-state index contributed by atoms with van der Waals surface area (Å²) in [7, 11) is 3.32. The first-order valence-corrected chi connectivity index (χ1v) is 8.77. The second-order valence-electron chi connectivity index (χ2n) is 5.51. The lowest BCUT2D eigenvalue weighted by molar-refractivity contribution is -0.114. The van der Waals surface area contributed by atoms with Crippen molar-refractivity contribution >= 4 is 28.9 Å². The molecule has 0 radical (unpaired) electrons. The summed E-state index contributed by atoms with van der Waals surface area (Å²) >= 11 is 1.77. The van der Waals surface area contributed by atoms with Gasteiger partial charge in [-0.05, 0) is 36.8 Å². The van der Waals surface area contributed by atoms with Crippen molar-refractivity contribution in [3.8, 4) is 5.75 Å². The van der Waals surface area contributed by atoms with Gasteiger partial charge in [-0.25, -0.2) is 0 Å². The molecular formula is C18H24N4O2S. The maximum Gasteiger partial charge on any atom is 0.221 e. The summed E-state index contributed by atoms with van der Waals surface area (Å²) in [6.45, 7) is 4.89. The third kappa shape index (κ3) is 5.79. The summed E-state index contributed by atoms with van der Waals surface area (Å²) in [4.78, 5) is 18.1. The van der Waals surface area contributed by atoms with Gasteiger partial charge in [0.05, 0.1) is 19.3 Å². The molecule has 0 spiro atoms. The fraction of sp³-hybridized carbons (Fsp3) is 0.333. The number of aryl methyl sites for hydroxylation is 1. The number of aliphatic imine (C=N–C) groups is 1. The number of hydrogen-bond donors (Lipinski definition) is 3. The molecule has 1 amide bonds. The van der Waals surface area contributed by atoms with Crippen molar-refractivity contribution in [3.05, 3.63) is 45.6 Å². The zero-order chi connectivity index (χ0) is 18.2. The van der Waals surface area contributed by atoms with E-state index in [4.69, 9.17) is 4.74 Å². The van der Waals surface area contributed by atoms with Crippen molar-refractivity contribution in [1.29, 1.82) is 0 Å². The van der Waals surface area contributed by atoms with Gasteiger partial charge in [-0.2, -0.15) is 0 Å².